The van der Waals surface area contributed by atoms with Crippen molar-refractivity contribution in [2.75, 3.05) is 6.61 Å². The molecule has 286 valence electrons. The van der Waals surface area contributed by atoms with Gasteiger partial charge in [-0.05, 0) is 89.9 Å². The van der Waals surface area contributed by atoms with Gasteiger partial charge in [-0.25, -0.2) is 0 Å². The Kier molecular flexibility index (Phi) is 36.2. The molecule has 1 amide bonds. The molecule has 0 aromatic rings. The molecule has 4 unspecified atom stereocenters. The number of nitrogens with one attached hydrogen (secondary N) is 1. The lowest BCUT2D eigenvalue weighted by Crippen LogP contribution is -2.53. The Morgan fingerprint density at radius 1 is 0.490 bits per heavy atom. The van der Waals surface area contributed by atoms with Gasteiger partial charge in [0, 0.05) is 0 Å². The topological polar surface area (TPSA) is 110 Å². The minimum atomic E-state index is -1.29. The summed E-state index contributed by atoms with van der Waals surface area (Å²) in [6.45, 7) is 3.99. The number of carbonyl (C=O) groups excluding carboxylic acids is 1. The maximum absolute atomic E-state index is 12.5. The number of hydrogen-bond acceptors (Lipinski definition) is 5. The zero-order valence-corrected chi connectivity index (χ0v) is 31.9. The molecule has 6 nitrogen and oxygen atoms in total. The summed E-state index contributed by atoms with van der Waals surface area (Å²) in [5.74, 6) is -0.608. The van der Waals surface area contributed by atoms with Crippen molar-refractivity contribution in [2.45, 2.75) is 212 Å². The Morgan fingerprint density at radius 2 is 0.857 bits per heavy atom. The van der Waals surface area contributed by atoms with Gasteiger partial charge in [0.1, 0.15) is 12.2 Å². The van der Waals surface area contributed by atoms with E-state index in [1.165, 1.54) is 89.9 Å². The lowest BCUT2D eigenvalue weighted by molar-refractivity contribution is -0.132. The van der Waals surface area contributed by atoms with E-state index in [2.05, 4.69) is 67.8 Å². The normalized spacial score (nSPS) is 14.8. The van der Waals surface area contributed by atoms with E-state index in [9.17, 15) is 25.2 Å². The smallest absolute Gasteiger partial charge is 0.249 e. The highest BCUT2D eigenvalue weighted by molar-refractivity contribution is 5.80. The number of allylic oxidation sites excluding steroid dienone is 8. The summed E-state index contributed by atoms with van der Waals surface area (Å²) in [7, 11) is 0. The quantitative estimate of drug-likeness (QED) is 0.0332. The van der Waals surface area contributed by atoms with Gasteiger partial charge in [0.25, 0.3) is 0 Å². The van der Waals surface area contributed by atoms with Crippen LogP contribution in [-0.2, 0) is 4.79 Å². The minimum Gasteiger partial charge on any atom is -0.394 e. The van der Waals surface area contributed by atoms with E-state index in [0.29, 0.717) is 19.3 Å². The average Bonchev–Trinajstić information content (AvgIpc) is 3.11. The van der Waals surface area contributed by atoms with Gasteiger partial charge in [0.15, 0.2) is 0 Å². The van der Waals surface area contributed by atoms with Gasteiger partial charge in [-0.2, -0.15) is 0 Å². The SMILES string of the molecule is CCCCCC/C=C\CCCCCCCCC(O)C(=O)NC(CO)C(O)C(O)CCC/C=C/CC/C=C/CC/C=C/CCCCCCCC. The van der Waals surface area contributed by atoms with Gasteiger partial charge >= 0.3 is 0 Å². The largest absolute Gasteiger partial charge is 0.394 e. The van der Waals surface area contributed by atoms with Gasteiger partial charge in [-0.3, -0.25) is 4.79 Å². The third kappa shape index (κ3) is 32.0. The van der Waals surface area contributed by atoms with E-state index in [0.717, 1.165) is 64.2 Å². The molecular formula is C43H79NO5. The Balaban J connectivity index is 3.89. The van der Waals surface area contributed by atoms with Crippen molar-refractivity contribution >= 4 is 5.91 Å². The van der Waals surface area contributed by atoms with Crippen LogP contribution < -0.4 is 5.32 Å². The standard InChI is InChI=1S/C43H79NO5/c1-3-5-7-9-11-13-15-17-19-20-21-22-23-25-26-28-30-32-34-36-40(46)42(48)39(38-45)44-43(49)41(47)37-35-33-31-29-27-24-18-16-14-12-10-8-6-4-2/h14,16-17,19,22-23,28,30,39-42,45-48H,3-13,15,18,20-21,24-27,29,31-38H2,1-2H3,(H,44,49)/b16-14-,19-17+,23-22+,30-28+. The van der Waals surface area contributed by atoms with Gasteiger partial charge in [-0.1, -0.05) is 146 Å². The first-order valence-electron chi connectivity index (χ1n) is 20.5. The summed E-state index contributed by atoms with van der Waals surface area (Å²) >= 11 is 0. The Hall–Kier alpha value is -1.73. The summed E-state index contributed by atoms with van der Waals surface area (Å²) < 4.78 is 0. The molecule has 4 atom stereocenters. The molecule has 0 heterocycles. The van der Waals surface area contributed by atoms with Crippen molar-refractivity contribution in [1.82, 2.24) is 5.32 Å². The van der Waals surface area contributed by atoms with E-state index in [-0.39, 0.29) is 0 Å². The summed E-state index contributed by atoms with van der Waals surface area (Å²) in [5, 5.41) is 43.5. The number of unbranched alkanes of at least 4 members (excludes halogenated alkanes) is 19. The van der Waals surface area contributed by atoms with Crippen molar-refractivity contribution in [1.29, 1.82) is 0 Å². The molecule has 49 heavy (non-hydrogen) atoms. The molecule has 0 radical (unpaired) electrons. The molecule has 0 aliphatic heterocycles. The Morgan fingerprint density at radius 3 is 1.31 bits per heavy atom. The second-order valence-corrected chi connectivity index (χ2v) is 13.9. The molecule has 0 aliphatic carbocycles. The molecule has 0 aromatic heterocycles. The first-order valence-corrected chi connectivity index (χ1v) is 20.5. The maximum atomic E-state index is 12.5. The number of rotatable bonds is 36. The van der Waals surface area contributed by atoms with Crippen LogP contribution in [0.5, 0.6) is 0 Å². The van der Waals surface area contributed by atoms with Crippen LogP contribution in [-0.4, -0.2) is 57.3 Å². The summed E-state index contributed by atoms with van der Waals surface area (Å²) in [6, 6.07) is -1.01. The minimum absolute atomic E-state index is 0.349. The van der Waals surface area contributed by atoms with Gasteiger partial charge in [0.2, 0.25) is 5.91 Å². The van der Waals surface area contributed by atoms with E-state index >= 15 is 0 Å². The molecule has 6 heteroatoms. The highest BCUT2D eigenvalue weighted by Crippen LogP contribution is 2.13. The number of aliphatic hydroxyl groups is 4. The lowest BCUT2D eigenvalue weighted by atomic mass is 10.00. The van der Waals surface area contributed by atoms with Crippen LogP contribution in [0.15, 0.2) is 48.6 Å². The third-order valence-electron chi connectivity index (χ3n) is 9.22. The van der Waals surface area contributed by atoms with Crippen molar-refractivity contribution in [3.63, 3.8) is 0 Å². The first kappa shape index (κ1) is 47.3. The molecule has 0 fully saturated rings. The molecule has 5 N–H and O–H groups in total. The molecule has 0 rings (SSSR count). The fraction of sp³-hybridized carbons (Fsp3) is 0.791. The average molecular weight is 690 g/mol. The molecule has 0 saturated carbocycles. The fourth-order valence-corrected chi connectivity index (χ4v) is 5.90. The van der Waals surface area contributed by atoms with Crippen molar-refractivity contribution in [3.8, 4) is 0 Å². The summed E-state index contributed by atoms with van der Waals surface area (Å²) in [4.78, 5) is 12.5. The van der Waals surface area contributed by atoms with Crippen LogP contribution in [0.4, 0.5) is 0 Å². The number of carbonyl (C=O) groups is 1. The molecule has 0 saturated heterocycles. The van der Waals surface area contributed by atoms with Crippen LogP contribution in [0.25, 0.3) is 0 Å². The Labute approximate surface area is 302 Å². The second kappa shape index (κ2) is 37.5. The highest BCUT2D eigenvalue weighted by Gasteiger charge is 2.28. The van der Waals surface area contributed by atoms with Crippen LogP contribution in [0.3, 0.4) is 0 Å². The zero-order valence-electron chi connectivity index (χ0n) is 31.9. The predicted octanol–water partition coefficient (Wildman–Crippen LogP) is 10.3. The molecule has 0 bridgehead atoms. The molecule has 0 aliphatic rings. The number of amides is 1. The fourth-order valence-electron chi connectivity index (χ4n) is 5.90. The molecule has 0 aromatic carbocycles. The summed E-state index contributed by atoms with van der Waals surface area (Å²) in [6.07, 6.45) is 44.2. The second-order valence-electron chi connectivity index (χ2n) is 13.9. The van der Waals surface area contributed by atoms with Crippen LogP contribution in [0.2, 0.25) is 0 Å². The monoisotopic (exact) mass is 690 g/mol. The zero-order chi connectivity index (χ0) is 36.0. The first-order chi connectivity index (χ1) is 24.0. The van der Waals surface area contributed by atoms with Gasteiger partial charge < -0.3 is 25.7 Å². The van der Waals surface area contributed by atoms with E-state index < -0.39 is 36.9 Å². The van der Waals surface area contributed by atoms with Crippen molar-refractivity contribution < 1.29 is 25.2 Å². The van der Waals surface area contributed by atoms with E-state index in [4.69, 9.17) is 0 Å². The van der Waals surface area contributed by atoms with E-state index in [1.807, 2.05) is 0 Å². The lowest BCUT2D eigenvalue weighted by Gasteiger charge is -2.27. The van der Waals surface area contributed by atoms with Crippen molar-refractivity contribution in [2.24, 2.45) is 0 Å². The Bertz CT molecular complexity index is 823. The van der Waals surface area contributed by atoms with Gasteiger partial charge in [0.05, 0.1) is 18.8 Å². The van der Waals surface area contributed by atoms with Crippen molar-refractivity contribution in [3.05, 3.63) is 48.6 Å². The highest BCUT2D eigenvalue weighted by atomic mass is 16.3. The van der Waals surface area contributed by atoms with Crippen LogP contribution in [0, 0.1) is 0 Å². The molecular weight excluding hydrogens is 610 g/mol. The number of hydrogen-bond donors (Lipinski definition) is 5. The predicted molar refractivity (Wildman–Crippen MR) is 210 cm³/mol. The summed E-state index contributed by atoms with van der Waals surface area (Å²) in [5.41, 5.74) is 0. The molecule has 0 spiro atoms. The number of aliphatic hydroxyl groups excluding tert-OH is 4. The maximum Gasteiger partial charge on any atom is 0.249 e. The van der Waals surface area contributed by atoms with Gasteiger partial charge in [-0.15, -0.1) is 0 Å². The van der Waals surface area contributed by atoms with E-state index in [1.54, 1.807) is 0 Å². The third-order valence-corrected chi connectivity index (χ3v) is 9.22. The van der Waals surface area contributed by atoms with Crippen LogP contribution >= 0.6 is 0 Å². The van der Waals surface area contributed by atoms with Crippen LogP contribution in [0.1, 0.15) is 187 Å².